The molecule has 98 valence electrons. The first kappa shape index (κ1) is 12.8. The van der Waals surface area contributed by atoms with Gasteiger partial charge in [-0.25, -0.2) is 0 Å². The summed E-state index contributed by atoms with van der Waals surface area (Å²) >= 11 is 2.26. The molecule has 1 atom stereocenters. The van der Waals surface area contributed by atoms with E-state index < -0.39 is 0 Å². The number of hydrogen-bond acceptors (Lipinski definition) is 2. The van der Waals surface area contributed by atoms with Crippen molar-refractivity contribution < 1.29 is 4.74 Å². The highest BCUT2D eigenvalue weighted by atomic mass is 127. The number of hydrogen-bond donors (Lipinski definition) is 1. The number of benzene rings is 2. The molecule has 3 heteroatoms. The summed E-state index contributed by atoms with van der Waals surface area (Å²) in [7, 11) is 0. The van der Waals surface area contributed by atoms with E-state index in [2.05, 4.69) is 46.9 Å². The lowest BCUT2D eigenvalue weighted by atomic mass is 9.89. The molecule has 3 rings (SSSR count). The van der Waals surface area contributed by atoms with Crippen LogP contribution in [0.25, 0.3) is 0 Å². The lowest BCUT2D eigenvalue weighted by molar-refractivity contribution is 0.184. The summed E-state index contributed by atoms with van der Waals surface area (Å²) in [5, 5.41) is 0. The second kappa shape index (κ2) is 5.41. The van der Waals surface area contributed by atoms with Gasteiger partial charge in [0.05, 0.1) is 5.69 Å². The van der Waals surface area contributed by atoms with Crippen LogP contribution in [-0.4, -0.2) is 0 Å². The Hall–Kier alpha value is -1.23. The van der Waals surface area contributed by atoms with E-state index in [4.69, 9.17) is 10.5 Å². The van der Waals surface area contributed by atoms with Gasteiger partial charge in [0, 0.05) is 3.57 Å². The second-order valence-electron chi connectivity index (χ2n) is 4.88. The Morgan fingerprint density at radius 1 is 1.16 bits per heavy atom. The van der Waals surface area contributed by atoms with E-state index in [9.17, 15) is 0 Å². The monoisotopic (exact) mass is 365 g/mol. The van der Waals surface area contributed by atoms with Crippen LogP contribution >= 0.6 is 22.6 Å². The van der Waals surface area contributed by atoms with E-state index in [-0.39, 0.29) is 6.10 Å². The standard InChI is InChI=1S/C16H16INO/c17-12-8-9-16(14(18)10-12)19-15-7-3-5-11-4-1-2-6-13(11)15/h1-2,4,6,8-10,15H,3,5,7,18H2. The predicted molar refractivity (Wildman–Crippen MR) is 86.3 cm³/mol. The summed E-state index contributed by atoms with van der Waals surface area (Å²) in [6, 6.07) is 14.5. The van der Waals surface area contributed by atoms with Crippen LogP contribution in [0.1, 0.15) is 30.1 Å². The third-order valence-corrected chi connectivity index (χ3v) is 4.23. The lowest BCUT2D eigenvalue weighted by Crippen LogP contribution is -2.15. The van der Waals surface area contributed by atoms with Crippen molar-refractivity contribution in [3.05, 3.63) is 57.2 Å². The van der Waals surface area contributed by atoms with Crippen molar-refractivity contribution in [1.29, 1.82) is 0 Å². The Kier molecular flexibility index (Phi) is 3.64. The van der Waals surface area contributed by atoms with E-state index in [1.807, 2.05) is 18.2 Å². The summed E-state index contributed by atoms with van der Waals surface area (Å²) in [5.74, 6) is 0.794. The van der Waals surface area contributed by atoms with Crippen LogP contribution in [0.2, 0.25) is 0 Å². The Labute approximate surface area is 127 Å². The van der Waals surface area contributed by atoms with Gasteiger partial charge in [0.15, 0.2) is 0 Å². The molecular weight excluding hydrogens is 349 g/mol. The Morgan fingerprint density at radius 3 is 2.84 bits per heavy atom. The number of anilines is 1. The van der Waals surface area contributed by atoms with E-state index in [1.54, 1.807) is 0 Å². The van der Waals surface area contributed by atoms with Gasteiger partial charge in [-0.15, -0.1) is 0 Å². The van der Waals surface area contributed by atoms with Crippen molar-refractivity contribution in [2.45, 2.75) is 25.4 Å². The highest BCUT2D eigenvalue weighted by Gasteiger charge is 2.21. The molecule has 2 aromatic rings. The minimum Gasteiger partial charge on any atom is -0.484 e. The molecule has 1 unspecified atom stereocenters. The van der Waals surface area contributed by atoms with Crippen LogP contribution in [0.4, 0.5) is 5.69 Å². The number of nitrogen functional groups attached to an aromatic ring is 1. The summed E-state index contributed by atoms with van der Waals surface area (Å²) in [4.78, 5) is 0. The first-order chi connectivity index (χ1) is 9.24. The third-order valence-electron chi connectivity index (χ3n) is 3.56. The molecule has 0 bridgehead atoms. The number of nitrogens with two attached hydrogens (primary N) is 1. The molecule has 0 amide bonds. The van der Waals surface area contributed by atoms with Crippen LogP contribution in [0, 0.1) is 3.57 Å². The highest BCUT2D eigenvalue weighted by Crippen LogP contribution is 2.35. The van der Waals surface area contributed by atoms with Crippen LogP contribution in [0.3, 0.4) is 0 Å². The maximum absolute atomic E-state index is 6.14. The minimum atomic E-state index is 0.132. The van der Waals surface area contributed by atoms with Gasteiger partial charge in [0.1, 0.15) is 11.9 Å². The lowest BCUT2D eigenvalue weighted by Gasteiger charge is -2.26. The molecule has 19 heavy (non-hydrogen) atoms. The quantitative estimate of drug-likeness (QED) is 0.635. The summed E-state index contributed by atoms with van der Waals surface area (Å²) < 4.78 is 7.27. The zero-order chi connectivity index (χ0) is 13.2. The molecule has 0 aliphatic heterocycles. The van der Waals surface area contributed by atoms with E-state index in [1.165, 1.54) is 17.5 Å². The van der Waals surface area contributed by atoms with Crippen molar-refractivity contribution in [2.75, 3.05) is 5.73 Å². The van der Waals surface area contributed by atoms with Crippen LogP contribution in [0.15, 0.2) is 42.5 Å². The second-order valence-corrected chi connectivity index (χ2v) is 6.13. The van der Waals surface area contributed by atoms with Crippen molar-refractivity contribution in [1.82, 2.24) is 0 Å². The molecule has 0 radical (unpaired) electrons. The molecule has 2 N–H and O–H groups in total. The molecule has 2 nitrogen and oxygen atoms in total. The minimum absolute atomic E-state index is 0.132. The van der Waals surface area contributed by atoms with Gasteiger partial charge in [0.25, 0.3) is 0 Å². The fourth-order valence-corrected chi connectivity index (χ4v) is 3.13. The highest BCUT2D eigenvalue weighted by molar-refractivity contribution is 14.1. The van der Waals surface area contributed by atoms with Crippen LogP contribution < -0.4 is 10.5 Å². The SMILES string of the molecule is Nc1cc(I)ccc1OC1CCCc2ccccc21. The topological polar surface area (TPSA) is 35.2 Å². The van der Waals surface area contributed by atoms with Crippen LogP contribution in [0.5, 0.6) is 5.75 Å². The zero-order valence-corrected chi connectivity index (χ0v) is 12.8. The largest absolute Gasteiger partial charge is 0.484 e. The number of ether oxygens (including phenoxy) is 1. The molecular formula is C16H16INO. The van der Waals surface area contributed by atoms with Gasteiger partial charge in [-0.3, -0.25) is 0 Å². The average molecular weight is 365 g/mol. The van der Waals surface area contributed by atoms with E-state index in [0.717, 1.165) is 27.8 Å². The predicted octanol–water partition coefficient (Wildman–Crippen LogP) is 4.33. The molecule has 0 saturated heterocycles. The molecule has 1 aliphatic rings. The molecule has 0 aromatic heterocycles. The van der Waals surface area contributed by atoms with Gasteiger partial charge in [-0.05, 0) is 71.2 Å². The fourth-order valence-electron chi connectivity index (χ4n) is 2.61. The summed E-state index contributed by atoms with van der Waals surface area (Å²) in [6.45, 7) is 0. The molecule has 2 aromatic carbocycles. The number of halogens is 1. The third kappa shape index (κ3) is 2.71. The van der Waals surface area contributed by atoms with E-state index in [0.29, 0.717) is 0 Å². The molecule has 0 heterocycles. The maximum atomic E-state index is 6.14. The summed E-state index contributed by atoms with van der Waals surface area (Å²) in [6.07, 6.45) is 3.51. The van der Waals surface area contributed by atoms with Crippen LogP contribution in [-0.2, 0) is 6.42 Å². The zero-order valence-electron chi connectivity index (χ0n) is 10.6. The number of fused-ring (bicyclic) bond motifs is 1. The van der Waals surface area contributed by atoms with Gasteiger partial charge >= 0.3 is 0 Å². The van der Waals surface area contributed by atoms with Crippen molar-refractivity contribution in [2.24, 2.45) is 0 Å². The van der Waals surface area contributed by atoms with Crippen molar-refractivity contribution in [3.63, 3.8) is 0 Å². The van der Waals surface area contributed by atoms with E-state index >= 15 is 0 Å². The molecule has 0 fully saturated rings. The number of aryl methyl sites for hydroxylation is 1. The normalized spacial score (nSPS) is 17.8. The van der Waals surface area contributed by atoms with Crippen molar-refractivity contribution >= 4 is 28.3 Å². The number of rotatable bonds is 2. The first-order valence-corrected chi connectivity index (χ1v) is 7.61. The Bertz CT molecular complexity index is 597. The fraction of sp³-hybridized carbons (Fsp3) is 0.250. The Morgan fingerprint density at radius 2 is 2.00 bits per heavy atom. The molecule has 0 saturated carbocycles. The molecule has 0 spiro atoms. The maximum Gasteiger partial charge on any atom is 0.143 e. The summed E-state index contributed by atoms with van der Waals surface area (Å²) in [5.41, 5.74) is 9.46. The van der Waals surface area contributed by atoms with Gasteiger partial charge in [0.2, 0.25) is 0 Å². The van der Waals surface area contributed by atoms with Gasteiger partial charge < -0.3 is 10.5 Å². The average Bonchev–Trinajstić information content (AvgIpc) is 2.42. The van der Waals surface area contributed by atoms with Crippen molar-refractivity contribution in [3.8, 4) is 5.75 Å². The van der Waals surface area contributed by atoms with Gasteiger partial charge in [-0.2, -0.15) is 0 Å². The molecule has 1 aliphatic carbocycles. The first-order valence-electron chi connectivity index (χ1n) is 6.53. The smallest absolute Gasteiger partial charge is 0.143 e. The Balaban J connectivity index is 1.88. The van der Waals surface area contributed by atoms with Gasteiger partial charge in [-0.1, -0.05) is 24.3 Å².